The van der Waals surface area contributed by atoms with Gasteiger partial charge in [-0.3, -0.25) is 4.98 Å². The Bertz CT molecular complexity index is 888. The molecule has 0 saturated heterocycles. The van der Waals surface area contributed by atoms with Crippen LogP contribution in [0, 0.1) is 0 Å². The van der Waals surface area contributed by atoms with Crippen molar-refractivity contribution in [3.8, 4) is 0 Å². The molecule has 0 aliphatic heterocycles. The van der Waals surface area contributed by atoms with Crippen LogP contribution >= 0.6 is 11.3 Å². The minimum Gasteiger partial charge on any atom is -0.320 e. The summed E-state index contributed by atoms with van der Waals surface area (Å²) in [7, 11) is 0. The molecule has 102 valence electrons. The largest absolute Gasteiger partial charge is 0.320 e. The molecule has 2 N–H and O–H groups in total. The second-order valence-electron chi connectivity index (χ2n) is 5.08. The number of nitrogens with zero attached hydrogens (tertiary/aromatic N) is 1. The summed E-state index contributed by atoms with van der Waals surface area (Å²) in [6.07, 6.45) is 1.82. The number of pyridine rings is 1. The van der Waals surface area contributed by atoms with Gasteiger partial charge >= 0.3 is 0 Å². The number of thiophene rings is 1. The monoisotopic (exact) mass is 290 g/mol. The van der Waals surface area contributed by atoms with Crippen LogP contribution in [0.4, 0.5) is 0 Å². The minimum atomic E-state index is -0.115. The Morgan fingerprint density at radius 1 is 0.952 bits per heavy atom. The quantitative estimate of drug-likeness (QED) is 0.590. The molecule has 2 aromatic carbocycles. The molecule has 4 rings (SSSR count). The Kier molecular flexibility index (Phi) is 2.95. The Morgan fingerprint density at radius 3 is 2.76 bits per heavy atom. The van der Waals surface area contributed by atoms with Crippen LogP contribution in [-0.4, -0.2) is 4.98 Å². The fourth-order valence-corrected chi connectivity index (χ4v) is 3.79. The second kappa shape index (κ2) is 4.95. The first-order valence-corrected chi connectivity index (χ1v) is 7.72. The van der Waals surface area contributed by atoms with E-state index in [1.165, 1.54) is 15.0 Å². The molecule has 0 aliphatic rings. The zero-order valence-electron chi connectivity index (χ0n) is 11.4. The van der Waals surface area contributed by atoms with E-state index in [9.17, 15) is 0 Å². The van der Waals surface area contributed by atoms with E-state index < -0.39 is 0 Å². The highest BCUT2D eigenvalue weighted by atomic mass is 32.1. The molecule has 0 bridgehead atoms. The first-order valence-electron chi connectivity index (χ1n) is 6.90. The lowest BCUT2D eigenvalue weighted by molar-refractivity contribution is 0.904. The summed E-state index contributed by atoms with van der Waals surface area (Å²) in [4.78, 5) is 5.60. The molecular formula is C18H14N2S. The van der Waals surface area contributed by atoms with Crippen molar-refractivity contribution in [3.05, 3.63) is 77.3 Å². The highest BCUT2D eigenvalue weighted by molar-refractivity contribution is 7.19. The number of hydrogen-bond acceptors (Lipinski definition) is 3. The summed E-state index contributed by atoms with van der Waals surface area (Å²) >= 11 is 1.76. The SMILES string of the molecule is NC(c1cc2ccccc2s1)c1cccc2ncccc12. The van der Waals surface area contributed by atoms with Crippen molar-refractivity contribution < 1.29 is 0 Å². The van der Waals surface area contributed by atoms with Gasteiger partial charge in [0.15, 0.2) is 0 Å². The van der Waals surface area contributed by atoms with Gasteiger partial charge in [0, 0.05) is 21.2 Å². The first kappa shape index (κ1) is 12.5. The lowest BCUT2D eigenvalue weighted by Gasteiger charge is -2.12. The van der Waals surface area contributed by atoms with Crippen LogP contribution in [0.15, 0.2) is 66.9 Å². The summed E-state index contributed by atoms with van der Waals surface area (Å²) in [6.45, 7) is 0. The average Bonchev–Trinajstić information content (AvgIpc) is 2.97. The summed E-state index contributed by atoms with van der Waals surface area (Å²) < 4.78 is 1.28. The predicted octanol–water partition coefficient (Wildman–Crippen LogP) is 4.50. The third-order valence-corrected chi connectivity index (χ3v) is 4.96. The van der Waals surface area contributed by atoms with Gasteiger partial charge in [-0.05, 0) is 35.2 Å². The van der Waals surface area contributed by atoms with E-state index in [0.29, 0.717) is 0 Å². The number of aromatic nitrogens is 1. The third kappa shape index (κ3) is 2.11. The zero-order chi connectivity index (χ0) is 14.2. The minimum absolute atomic E-state index is 0.115. The maximum Gasteiger partial charge on any atom is 0.0705 e. The summed E-state index contributed by atoms with van der Waals surface area (Å²) in [6, 6.07) is 20.7. The van der Waals surface area contributed by atoms with E-state index in [2.05, 4.69) is 47.4 Å². The van der Waals surface area contributed by atoms with Gasteiger partial charge in [-0.1, -0.05) is 36.4 Å². The Hall–Kier alpha value is -2.23. The van der Waals surface area contributed by atoms with Gasteiger partial charge in [0.2, 0.25) is 0 Å². The van der Waals surface area contributed by atoms with Crippen LogP contribution in [0.1, 0.15) is 16.5 Å². The highest BCUT2D eigenvalue weighted by Gasteiger charge is 2.14. The fourth-order valence-electron chi connectivity index (χ4n) is 2.71. The molecule has 2 nitrogen and oxygen atoms in total. The van der Waals surface area contributed by atoms with E-state index in [-0.39, 0.29) is 6.04 Å². The maximum atomic E-state index is 6.53. The van der Waals surface area contributed by atoms with Crippen molar-refractivity contribution in [2.24, 2.45) is 5.73 Å². The van der Waals surface area contributed by atoms with Crippen molar-refractivity contribution in [2.75, 3.05) is 0 Å². The molecule has 1 unspecified atom stereocenters. The lowest BCUT2D eigenvalue weighted by Crippen LogP contribution is -2.10. The van der Waals surface area contributed by atoms with Crippen LogP contribution in [0.25, 0.3) is 21.0 Å². The van der Waals surface area contributed by atoms with E-state index in [4.69, 9.17) is 5.73 Å². The van der Waals surface area contributed by atoms with Gasteiger partial charge < -0.3 is 5.73 Å². The average molecular weight is 290 g/mol. The van der Waals surface area contributed by atoms with Crippen LogP contribution in [0.5, 0.6) is 0 Å². The van der Waals surface area contributed by atoms with Crippen LogP contribution in [-0.2, 0) is 0 Å². The molecule has 2 heterocycles. The second-order valence-corrected chi connectivity index (χ2v) is 6.20. The third-order valence-electron chi connectivity index (χ3n) is 3.77. The first-order chi connectivity index (χ1) is 10.3. The van der Waals surface area contributed by atoms with Crippen LogP contribution in [0.3, 0.4) is 0 Å². The van der Waals surface area contributed by atoms with E-state index >= 15 is 0 Å². The molecule has 4 aromatic rings. The Morgan fingerprint density at radius 2 is 1.86 bits per heavy atom. The van der Waals surface area contributed by atoms with Gasteiger partial charge in [-0.25, -0.2) is 0 Å². The van der Waals surface area contributed by atoms with Crippen molar-refractivity contribution in [3.63, 3.8) is 0 Å². The van der Waals surface area contributed by atoms with Gasteiger partial charge in [0.05, 0.1) is 11.6 Å². The summed E-state index contributed by atoms with van der Waals surface area (Å²) in [5.41, 5.74) is 8.65. The van der Waals surface area contributed by atoms with E-state index in [1.54, 1.807) is 11.3 Å². The number of hydrogen-bond donors (Lipinski definition) is 1. The molecular weight excluding hydrogens is 276 g/mol. The summed E-state index contributed by atoms with van der Waals surface area (Å²) in [5.74, 6) is 0. The van der Waals surface area contributed by atoms with Crippen molar-refractivity contribution in [1.29, 1.82) is 0 Å². The number of benzene rings is 2. The maximum absolute atomic E-state index is 6.53. The fraction of sp³-hybridized carbons (Fsp3) is 0.0556. The zero-order valence-corrected chi connectivity index (χ0v) is 12.2. The van der Waals surface area contributed by atoms with Gasteiger partial charge in [0.1, 0.15) is 0 Å². The predicted molar refractivity (Wildman–Crippen MR) is 89.6 cm³/mol. The Balaban J connectivity index is 1.87. The molecule has 1 atom stereocenters. The van der Waals surface area contributed by atoms with Gasteiger partial charge in [-0.2, -0.15) is 0 Å². The molecule has 0 spiro atoms. The number of nitrogens with two attached hydrogens (primary N) is 1. The highest BCUT2D eigenvalue weighted by Crippen LogP contribution is 2.33. The lowest BCUT2D eigenvalue weighted by atomic mass is 10.0. The van der Waals surface area contributed by atoms with Crippen LogP contribution < -0.4 is 5.73 Å². The topological polar surface area (TPSA) is 38.9 Å². The molecule has 2 aromatic heterocycles. The van der Waals surface area contributed by atoms with Gasteiger partial charge in [-0.15, -0.1) is 11.3 Å². The molecule has 0 radical (unpaired) electrons. The summed E-state index contributed by atoms with van der Waals surface area (Å²) in [5, 5.41) is 2.39. The van der Waals surface area contributed by atoms with Crippen molar-refractivity contribution in [1.82, 2.24) is 4.98 Å². The van der Waals surface area contributed by atoms with Crippen molar-refractivity contribution >= 4 is 32.3 Å². The van der Waals surface area contributed by atoms with E-state index in [1.807, 2.05) is 24.4 Å². The van der Waals surface area contributed by atoms with Crippen molar-refractivity contribution in [2.45, 2.75) is 6.04 Å². The Labute approximate surface area is 126 Å². The van der Waals surface area contributed by atoms with E-state index in [0.717, 1.165) is 16.5 Å². The number of rotatable bonds is 2. The van der Waals surface area contributed by atoms with Gasteiger partial charge in [0.25, 0.3) is 0 Å². The molecule has 0 saturated carbocycles. The molecule has 0 amide bonds. The van der Waals surface area contributed by atoms with Crippen LogP contribution in [0.2, 0.25) is 0 Å². The standard InChI is InChI=1S/C18H14N2S/c19-18(17-11-12-5-1-2-9-16(12)21-17)14-6-3-8-15-13(14)7-4-10-20-15/h1-11,18H,19H2. The molecule has 21 heavy (non-hydrogen) atoms. The molecule has 0 aliphatic carbocycles. The molecule has 3 heteroatoms. The molecule has 0 fully saturated rings. The smallest absolute Gasteiger partial charge is 0.0705 e. The number of fused-ring (bicyclic) bond motifs is 2. The normalized spacial score (nSPS) is 12.8.